The summed E-state index contributed by atoms with van der Waals surface area (Å²) in [7, 11) is 5.41. The van der Waals surface area contributed by atoms with Crippen LogP contribution in [0.4, 0.5) is 4.79 Å². The van der Waals surface area contributed by atoms with Crippen molar-refractivity contribution in [1.82, 2.24) is 15.1 Å². The molecule has 2 amide bonds. The van der Waals surface area contributed by atoms with Gasteiger partial charge in [0, 0.05) is 33.2 Å². The first-order valence-electron chi connectivity index (χ1n) is 4.71. The van der Waals surface area contributed by atoms with E-state index in [-0.39, 0.29) is 12.1 Å². The summed E-state index contributed by atoms with van der Waals surface area (Å²) >= 11 is 0. The third-order valence-corrected chi connectivity index (χ3v) is 2.74. The Balaban J connectivity index is 2.45. The maximum absolute atomic E-state index is 11.6. The average Bonchev–Trinajstić information content (AvgIpc) is 1.98. The molecule has 2 atom stereocenters. The number of hydrogen-bond donors (Lipinski definition) is 1. The van der Waals surface area contributed by atoms with Crippen LogP contribution in [0.1, 0.15) is 13.3 Å². The summed E-state index contributed by atoms with van der Waals surface area (Å²) in [6.07, 6.45) is 1.17. The Hall–Kier alpha value is -0.770. The van der Waals surface area contributed by atoms with E-state index in [1.54, 1.807) is 23.9 Å². The topological polar surface area (TPSA) is 35.6 Å². The lowest BCUT2D eigenvalue weighted by Gasteiger charge is -2.39. The van der Waals surface area contributed by atoms with Gasteiger partial charge in [-0.2, -0.15) is 0 Å². The van der Waals surface area contributed by atoms with Gasteiger partial charge in [-0.3, -0.25) is 0 Å². The fourth-order valence-electron chi connectivity index (χ4n) is 1.48. The Morgan fingerprint density at radius 3 is 2.31 bits per heavy atom. The van der Waals surface area contributed by atoms with Crippen LogP contribution >= 0.6 is 0 Å². The number of carbonyl (C=O) groups is 1. The van der Waals surface area contributed by atoms with Gasteiger partial charge < -0.3 is 15.1 Å². The van der Waals surface area contributed by atoms with Gasteiger partial charge in [0.15, 0.2) is 0 Å². The summed E-state index contributed by atoms with van der Waals surface area (Å²) in [6, 6.07) is 0.832. The number of nitrogens with one attached hydrogen (secondary N) is 1. The van der Waals surface area contributed by atoms with Crippen molar-refractivity contribution in [2.45, 2.75) is 25.4 Å². The first kappa shape index (κ1) is 10.3. The molecule has 0 aromatic carbocycles. The van der Waals surface area contributed by atoms with Crippen LogP contribution in [0.2, 0.25) is 0 Å². The van der Waals surface area contributed by atoms with E-state index < -0.39 is 0 Å². The molecule has 1 aliphatic rings. The number of amides is 2. The molecule has 1 fully saturated rings. The van der Waals surface area contributed by atoms with Gasteiger partial charge in [0.2, 0.25) is 0 Å². The van der Waals surface area contributed by atoms with Crippen LogP contribution in [0.5, 0.6) is 0 Å². The monoisotopic (exact) mass is 185 g/mol. The van der Waals surface area contributed by atoms with Crippen molar-refractivity contribution in [3.05, 3.63) is 0 Å². The van der Waals surface area contributed by atoms with Gasteiger partial charge in [-0.1, -0.05) is 0 Å². The van der Waals surface area contributed by atoms with Gasteiger partial charge in [0.1, 0.15) is 0 Å². The Kier molecular flexibility index (Phi) is 3.14. The molecule has 0 aromatic heterocycles. The molecule has 1 saturated heterocycles. The van der Waals surface area contributed by atoms with Crippen LogP contribution in [0, 0.1) is 0 Å². The van der Waals surface area contributed by atoms with Crippen LogP contribution in [-0.4, -0.2) is 55.6 Å². The molecule has 0 aromatic rings. The van der Waals surface area contributed by atoms with Crippen LogP contribution in [0.15, 0.2) is 0 Å². The lowest BCUT2D eigenvalue weighted by atomic mass is 9.99. The minimum Gasteiger partial charge on any atom is -0.331 e. The van der Waals surface area contributed by atoms with Crippen LogP contribution < -0.4 is 5.32 Å². The quantitative estimate of drug-likeness (QED) is 0.674. The second kappa shape index (κ2) is 3.96. The van der Waals surface area contributed by atoms with Gasteiger partial charge in [-0.05, 0) is 19.9 Å². The third kappa shape index (κ3) is 2.12. The number of rotatable bonds is 2. The van der Waals surface area contributed by atoms with Crippen molar-refractivity contribution in [3.8, 4) is 0 Å². The predicted molar refractivity (Wildman–Crippen MR) is 52.7 cm³/mol. The third-order valence-electron chi connectivity index (χ3n) is 2.74. The van der Waals surface area contributed by atoms with Crippen molar-refractivity contribution >= 4 is 6.03 Å². The van der Waals surface area contributed by atoms with E-state index in [1.807, 2.05) is 7.05 Å². The van der Waals surface area contributed by atoms with E-state index in [4.69, 9.17) is 0 Å². The lowest BCUT2D eigenvalue weighted by molar-refractivity contribution is 0.141. The number of urea groups is 1. The molecule has 1 heterocycles. The van der Waals surface area contributed by atoms with Gasteiger partial charge in [0.05, 0.1) is 0 Å². The summed E-state index contributed by atoms with van der Waals surface area (Å²) in [6.45, 7) is 3.16. The lowest BCUT2D eigenvalue weighted by Crippen LogP contribution is -2.57. The SMILES string of the molecule is CC(C1CCN1)N(C)C(=O)N(C)C. The van der Waals surface area contributed by atoms with E-state index in [9.17, 15) is 4.79 Å². The van der Waals surface area contributed by atoms with Crippen molar-refractivity contribution < 1.29 is 4.79 Å². The molecular formula is C9H19N3O. The van der Waals surface area contributed by atoms with E-state index in [0.29, 0.717) is 6.04 Å². The highest BCUT2D eigenvalue weighted by molar-refractivity contribution is 5.73. The van der Waals surface area contributed by atoms with Crippen molar-refractivity contribution in [3.63, 3.8) is 0 Å². The zero-order chi connectivity index (χ0) is 10.0. The number of nitrogens with zero attached hydrogens (tertiary/aromatic N) is 2. The van der Waals surface area contributed by atoms with Crippen molar-refractivity contribution in [2.24, 2.45) is 0 Å². The smallest absolute Gasteiger partial charge is 0.319 e. The van der Waals surface area contributed by atoms with Gasteiger partial charge in [-0.15, -0.1) is 0 Å². The minimum absolute atomic E-state index is 0.0706. The predicted octanol–water partition coefficient (Wildman–Crippen LogP) is 0.350. The van der Waals surface area contributed by atoms with Crippen LogP contribution in [0.3, 0.4) is 0 Å². The van der Waals surface area contributed by atoms with Gasteiger partial charge >= 0.3 is 6.03 Å². The zero-order valence-electron chi connectivity index (χ0n) is 8.87. The van der Waals surface area contributed by atoms with Crippen molar-refractivity contribution in [1.29, 1.82) is 0 Å². The number of likely N-dealkylation sites (N-methyl/N-ethyl adjacent to an activating group) is 1. The Labute approximate surface area is 79.9 Å². The second-order valence-electron chi connectivity index (χ2n) is 3.88. The van der Waals surface area contributed by atoms with E-state index in [1.165, 1.54) is 6.42 Å². The molecule has 0 saturated carbocycles. The molecule has 4 nitrogen and oxygen atoms in total. The van der Waals surface area contributed by atoms with Crippen molar-refractivity contribution in [2.75, 3.05) is 27.7 Å². The maximum atomic E-state index is 11.6. The number of carbonyl (C=O) groups excluding carboxylic acids is 1. The maximum Gasteiger partial charge on any atom is 0.319 e. The highest BCUT2D eigenvalue weighted by Gasteiger charge is 2.28. The summed E-state index contributed by atoms with van der Waals surface area (Å²) in [4.78, 5) is 14.9. The molecule has 0 bridgehead atoms. The first-order chi connectivity index (χ1) is 6.04. The highest BCUT2D eigenvalue weighted by Crippen LogP contribution is 2.12. The van der Waals surface area contributed by atoms with Gasteiger partial charge in [0.25, 0.3) is 0 Å². The molecule has 1 aliphatic heterocycles. The minimum atomic E-state index is 0.0706. The molecule has 1 N–H and O–H groups in total. The van der Waals surface area contributed by atoms with Crippen LogP contribution in [-0.2, 0) is 0 Å². The Morgan fingerprint density at radius 2 is 2.00 bits per heavy atom. The summed E-state index contributed by atoms with van der Waals surface area (Å²) in [5.74, 6) is 0. The summed E-state index contributed by atoms with van der Waals surface area (Å²) in [5, 5.41) is 3.31. The summed E-state index contributed by atoms with van der Waals surface area (Å²) < 4.78 is 0. The molecule has 1 rings (SSSR count). The molecule has 0 spiro atoms. The Bertz CT molecular complexity index is 189. The molecule has 4 heteroatoms. The average molecular weight is 185 g/mol. The fraction of sp³-hybridized carbons (Fsp3) is 0.889. The highest BCUT2D eigenvalue weighted by atomic mass is 16.2. The standard InChI is InChI=1S/C9H19N3O/c1-7(8-5-6-10-8)12(4)9(13)11(2)3/h7-8,10H,5-6H2,1-4H3. The first-order valence-corrected chi connectivity index (χ1v) is 4.71. The molecule has 13 heavy (non-hydrogen) atoms. The molecule has 0 aliphatic carbocycles. The zero-order valence-corrected chi connectivity index (χ0v) is 8.87. The largest absolute Gasteiger partial charge is 0.331 e. The van der Waals surface area contributed by atoms with E-state index in [2.05, 4.69) is 12.2 Å². The molecular weight excluding hydrogens is 166 g/mol. The molecule has 0 radical (unpaired) electrons. The normalized spacial score (nSPS) is 23.2. The van der Waals surface area contributed by atoms with Crippen LogP contribution in [0.25, 0.3) is 0 Å². The number of hydrogen-bond acceptors (Lipinski definition) is 2. The van der Waals surface area contributed by atoms with E-state index >= 15 is 0 Å². The Morgan fingerprint density at radius 1 is 1.46 bits per heavy atom. The second-order valence-corrected chi connectivity index (χ2v) is 3.88. The molecule has 2 unspecified atom stereocenters. The van der Waals surface area contributed by atoms with E-state index in [0.717, 1.165) is 6.54 Å². The summed E-state index contributed by atoms with van der Waals surface area (Å²) in [5.41, 5.74) is 0. The fourth-order valence-corrected chi connectivity index (χ4v) is 1.48. The molecule has 76 valence electrons. The van der Waals surface area contributed by atoms with Gasteiger partial charge in [-0.25, -0.2) is 4.79 Å².